The number of ether oxygens (including phenoxy) is 1. The first-order valence-electron chi connectivity index (χ1n) is 10.9. The van der Waals surface area contributed by atoms with Crippen molar-refractivity contribution in [3.63, 3.8) is 0 Å². The zero-order chi connectivity index (χ0) is 23.1. The molecular weight excluding hydrogens is 428 g/mol. The van der Waals surface area contributed by atoms with E-state index in [2.05, 4.69) is 10.2 Å². The van der Waals surface area contributed by atoms with Crippen LogP contribution in [0.5, 0.6) is 5.75 Å². The normalized spacial score (nSPS) is 14.5. The number of anilines is 1. The third-order valence-electron chi connectivity index (χ3n) is 5.70. The highest BCUT2D eigenvalue weighted by molar-refractivity contribution is 7.89. The summed E-state index contributed by atoms with van der Waals surface area (Å²) in [6.07, 6.45) is 0. The molecule has 2 amide bonds. The van der Waals surface area contributed by atoms with Crippen LogP contribution in [0.2, 0.25) is 0 Å². The van der Waals surface area contributed by atoms with Crippen LogP contribution in [0, 0.1) is 0 Å². The molecule has 0 spiro atoms. The quantitative estimate of drug-likeness (QED) is 0.655. The molecule has 3 rings (SSSR count). The number of amides is 2. The Morgan fingerprint density at radius 2 is 1.62 bits per heavy atom. The van der Waals surface area contributed by atoms with Gasteiger partial charge in [0.2, 0.25) is 10.0 Å². The zero-order valence-corrected chi connectivity index (χ0v) is 19.8. The monoisotopic (exact) mass is 460 g/mol. The Balaban J connectivity index is 1.52. The van der Waals surface area contributed by atoms with E-state index in [1.54, 1.807) is 36.3 Å². The smallest absolute Gasteiger partial charge is 0.317 e. The average molecular weight is 461 g/mol. The molecule has 0 bridgehead atoms. The standard InChI is InChI=1S/C23H32N4O4S/c1-4-27(5-2)32(29,30)20-12-10-19(11-13-20)18-24-23(28)26-16-14-25(15-17-26)21-8-6-7-9-22(21)31-3/h6-13H,4-5,14-18H2,1-3H3,(H,24,28). The van der Waals surface area contributed by atoms with Gasteiger partial charge >= 0.3 is 6.03 Å². The van der Waals surface area contributed by atoms with Crippen molar-refractivity contribution in [1.82, 2.24) is 14.5 Å². The van der Waals surface area contributed by atoms with Gasteiger partial charge in [-0.15, -0.1) is 0 Å². The van der Waals surface area contributed by atoms with Crippen molar-refractivity contribution in [3.05, 3.63) is 54.1 Å². The molecule has 1 fully saturated rings. The minimum atomic E-state index is -3.48. The van der Waals surface area contributed by atoms with Gasteiger partial charge in [-0.2, -0.15) is 4.31 Å². The summed E-state index contributed by atoms with van der Waals surface area (Å²) in [5.41, 5.74) is 1.89. The van der Waals surface area contributed by atoms with Crippen LogP contribution < -0.4 is 15.0 Å². The van der Waals surface area contributed by atoms with Crippen LogP contribution in [0.25, 0.3) is 0 Å². The summed E-state index contributed by atoms with van der Waals surface area (Å²) in [7, 11) is -1.81. The molecule has 1 aliphatic rings. The molecule has 1 saturated heterocycles. The summed E-state index contributed by atoms with van der Waals surface area (Å²) in [4.78, 5) is 16.9. The fraction of sp³-hybridized carbons (Fsp3) is 0.435. The van der Waals surface area contributed by atoms with E-state index in [1.807, 2.05) is 38.1 Å². The molecule has 9 heteroatoms. The van der Waals surface area contributed by atoms with Crippen molar-refractivity contribution < 1.29 is 17.9 Å². The van der Waals surface area contributed by atoms with E-state index in [-0.39, 0.29) is 10.9 Å². The van der Waals surface area contributed by atoms with Gasteiger partial charge in [0.1, 0.15) is 5.75 Å². The van der Waals surface area contributed by atoms with Crippen molar-refractivity contribution in [3.8, 4) is 5.75 Å². The lowest BCUT2D eigenvalue weighted by atomic mass is 10.2. The Bertz CT molecular complexity index is 999. The first kappa shape index (κ1) is 23.9. The predicted octanol–water partition coefficient (Wildman–Crippen LogP) is 2.76. The van der Waals surface area contributed by atoms with E-state index >= 15 is 0 Å². The largest absolute Gasteiger partial charge is 0.495 e. The van der Waals surface area contributed by atoms with Crippen LogP contribution in [0.1, 0.15) is 19.4 Å². The third kappa shape index (κ3) is 5.34. The Morgan fingerprint density at radius 1 is 1.00 bits per heavy atom. The van der Waals surface area contributed by atoms with Crippen molar-refractivity contribution in [2.45, 2.75) is 25.3 Å². The maximum atomic E-state index is 12.6. The van der Waals surface area contributed by atoms with E-state index in [9.17, 15) is 13.2 Å². The molecule has 0 unspecified atom stereocenters. The molecule has 0 atom stereocenters. The van der Waals surface area contributed by atoms with Crippen LogP contribution in [0.15, 0.2) is 53.4 Å². The highest BCUT2D eigenvalue weighted by Gasteiger charge is 2.23. The molecule has 8 nitrogen and oxygen atoms in total. The topological polar surface area (TPSA) is 82.2 Å². The van der Waals surface area contributed by atoms with E-state index < -0.39 is 10.0 Å². The summed E-state index contributed by atoms with van der Waals surface area (Å²) < 4.78 is 32.0. The molecule has 0 radical (unpaired) electrons. The lowest BCUT2D eigenvalue weighted by Crippen LogP contribution is -2.51. The summed E-state index contributed by atoms with van der Waals surface area (Å²) in [5.74, 6) is 0.830. The molecule has 1 N–H and O–H groups in total. The number of carbonyl (C=O) groups is 1. The van der Waals surface area contributed by atoms with Crippen LogP contribution in [0.4, 0.5) is 10.5 Å². The highest BCUT2D eigenvalue weighted by atomic mass is 32.2. The second kappa shape index (κ2) is 10.7. The number of hydrogen-bond donors (Lipinski definition) is 1. The number of nitrogens with one attached hydrogen (secondary N) is 1. The number of benzene rings is 2. The van der Waals surface area contributed by atoms with Gasteiger partial charge in [0.15, 0.2) is 0 Å². The number of piperazine rings is 1. The molecular formula is C23H32N4O4S. The number of sulfonamides is 1. The maximum Gasteiger partial charge on any atom is 0.317 e. The van der Waals surface area contributed by atoms with Gasteiger partial charge in [-0.3, -0.25) is 0 Å². The molecule has 0 aromatic heterocycles. The Labute approximate surface area is 190 Å². The minimum absolute atomic E-state index is 0.121. The Hall–Kier alpha value is -2.78. The number of urea groups is 1. The van der Waals surface area contributed by atoms with E-state index in [0.717, 1.165) is 30.1 Å². The molecule has 1 heterocycles. The van der Waals surface area contributed by atoms with Crippen molar-refractivity contribution in [2.24, 2.45) is 0 Å². The lowest BCUT2D eigenvalue weighted by Gasteiger charge is -2.36. The number of carbonyl (C=O) groups excluding carboxylic acids is 1. The van der Waals surface area contributed by atoms with E-state index in [1.165, 1.54) is 4.31 Å². The lowest BCUT2D eigenvalue weighted by molar-refractivity contribution is 0.194. The van der Waals surface area contributed by atoms with Gasteiger partial charge in [-0.05, 0) is 29.8 Å². The van der Waals surface area contributed by atoms with Crippen molar-refractivity contribution in [1.29, 1.82) is 0 Å². The Kier molecular flexibility index (Phi) is 7.98. The van der Waals surface area contributed by atoms with Gasteiger partial charge in [0.25, 0.3) is 0 Å². The first-order chi connectivity index (χ1) is 15.4. The zero-order valence-electron chi connectivity index (χ0n) is 19.0. The fourth-order valence-corrected chi connectivity index (χ4v) is 5.28. The van der Waals surface area contributed by atoms with Gasteiger partial charge < -0.3 is 19.9 Å². The van der Waals surface area contributed by atoms with Gasteiger partial charge in [-0.1, -0.05) is 38.1 Å². The number of nitrogens with zero attached hydrogens (tertiary/aromatic N) is 3. The van der Waals surface area contributed by atoms with E-state index in [0.29, 0.717) is 32.7 Å². The molecule has 174 valence electrons. The number of methoxy groups -OCH3 is 1. The van der Waals surface area contributed by atoms with Crippen LogP contribution in [0.3, 0.4) is 0 Å². The van der Waals surface area contributed by atoms with Crippen molar-refractivity contribution in [2.75, 3.05) is 51.3 Å². The van der Waals surface area contributed by atoms with Gasteiger partial charge in [-0.25, -0.2) is 13.2 Å². The maximum absolute atomic E-state index is 12.6. The minimum Gasteiger partial charge on any atom is -0.495 e. The second-order valence-electron chi connectivity index (χ2n) is 7.54. The molecule has 2 aromatic carbocycles. The summed E-state index contributed by atoms with van der Waals surface area (Å²) in [6.45, 7) is 7.54. The average Bonchev–Trinajstić information content (AvgIpc) is 2.83. The number of hydrogen-bond acceptors (Lipinski definition) is 5. The summed E-state index contributed by atoms with van der Waals surface area (Å²) in [5, 5.41) is 2.93. The molecule has 1 aliphatic heterocycles. The fourth-order valence-electron chi connectivity index (χ4n) is 3.82. The van der Waals surface area contributed by atoms with E-state index in [4.69, 9.17) is 4.74 Å². The number of para-hydroxylation sites is 2. The Morgan fingerprint density at radius 3 is 2.22 bits per heavy atom. The van der Waals surface area contributed by atoms with Crippen LogP contribution in [-0.4, -0.2) is 70.0 Å². The second-order valence-corrected chi connectivity index (χ2v) is 9.48. The molecule has 32 heavy (non-hydrogen) atoms. The van der Waals surface area contributed by atoms with Crippen LogP contribution >= 0.6 is 0 Å². The molecule has 0 aliphatic carbocycles. The first-order valence-corrected chi connectivity index (χ1v) is 12.3. The third-order valence-corrected chi connectivity index (χ3v) is 7.77. The summed E-state index contributed by atoms with van der Waals surface area (Å²) >= 11 is 0. The highest BCUT2D eigenvalue weighted by Crippen LogP contribution is 2.28. The van der Waals surface area contributed by atoms with Gasteiger partial charge in [0, 0.05) is 45.8 Å². The summed E-state index contributed by atoms with van der Waals surface area (Å²) in [6, 6.07) is 14.5. The SMILES string of the molecule is CCN(CC)S(=O)(=O)c1ccc(CNC(=O)N2CCN(c3ccccc3OC)CC2)cc1. The molecule has 0 saturated carbocycles. The van der Waals surface area contributed by atoms with Gasteiger partial charge in [0.05, 0.1) is 17.7 Å². The number of rotatable bonds is 8. The molecule has 2 aromatic rings. The predicted molar refractivity (Wildman–Crippen MR) is 126 cm³/mol. The van der Waals surface area contributed by atoms with Crippen molar-refractivity contribution >= 4 is 21.7 Å². The van der Waals surface area contributed by atoms with Crippen LogP contribution in [-0.2, 0) is 16.6 Å².